The number of fused-ring (bicyclic) bond motifs is 1. The van der Waals surface area contributed by atoms with Crippen LogP contribution in [0.25, 0.3) is 16.6 Å². The molecule has 1 saturated carbocycles. The fourth-order valence-corrected chi connectivity index (χ4v) is 4.64. The van der Waals surface area contributed by atoms with Gasteiger partial charge in [-0.2, -0.15) is 0 Å². The monoisotopic (exact) mass is 447 g/mol. The highest BCUT2D eigenvalue weighted by molar-refractivity contribution is 7.99. The molecule has 29 heavy (non-hydrogen) atoms. The lowest BCUT2D eigenvalue weighted by atomic mass is 10.2. The van der Waals surface area contributed by atoms with Crippen molar-refractivity contribution in [1.29, 1.82) is 0 Å². The average Bonchev–Trinajstić information content (AvgIpc) is 3.20. The molecule has 0 aliphatic heterocycles. The minimum atomic E-state index is -0.215. The summed E-state index contributed by atoms with van der Waals surface area (Å²) in [5, 5.41) is 5.04. The molecule has 1 amide bonds. The average molecular weight is 448 g/mol. The van der Waals surface area contributed by atoms with Crippen LogP contribution in [0.1, 0.15) is 25.7 Å². The molecule has 1 aliphatic carbocycles. The lowest BCUT2D eigenvalue weighted by molar-refractivity contribution is -0.119. The number of amides is 1. The predicted molar refractivity (Wildman–Crippen MR) is 118 cm³/mol. The lowest BCUT2D eigenvalue weighted by Gasteiger charge is -2.15. The summed E-state index contributed by atoms with van der Waals surface area (Å²) < 4.78 is 1.51. The van der Waals surface area contributed by atoms with Crippen molar-refractivity contribution in [3.05, 3.63) is 62.9 Å². The van der Waals surface area contributed by atoms with E-state index >= 15 is 0 Å². The van der Waals surface area contributed by atoms with Gasteiger partial charge in [0.2, 0.25) is 5.91 Å². The molecule has 1 N–H and O–H groups in total. The molecule has 1 heterocycles. The summed E-state index contributed by atoms with van der Waals surface area (Å²) in [4.78, 5) is 30.2. The van der Waals surface area contributed by atoms with E-state index in [1.165, 1.54) is 16.3 Å². The predicted octanol–water partition coefficient (Wildman–Crippen LogP) is 4.84. The summed E-state index contributed by atoms with van der Waals surface area (Å²) in [5.74, 6) is 0.132. The molecule has 1 fully saturated rings. The molecule has 5 nitrogen and oxygen atoms in total. The molecule has 0 bridgehead atoms. The van der Waals surface area contributed by atoms with E-state index in [1.807, 2.05) is 0 Å². The summed E-state index contributed by atoms with van der Waals surface area (Å²) in [6.07, 6.45) is 4.36. The highest BCUT2D eigenvalue weighted by Gasteiger charge is 2.19. The molecule has 0 radical (unpaired) electrons. The van der Waals surface area contributed by atoms with Gasteiger partial charge in [0.25, 0.3) is 5.56 Å². The van der Waals surface area contributed by atoms with E-state index in [2.05, 4.69) is 10.3 Å². The number of hydrogen-bond donors (Lipinski definition) is 1. The van der Waals surface area contributed by atoms with Gasteiger partial charge in [-0.05, 0) is 55.3 Å². The number of halogens is 2. The molecule has 3 aromatic rings. The zero-order valence-corrected chi connectivity index (χ0v) is 17.9. The number of carbonyl (C=O) groups is 1. The number of nitrogens with one attached hydrogen (secondary N) is 1. The lowest BCUT2D eigenvalue weighted by Crippen LogP contribution is -2.34. The molecular weight excluding hydrogens is 429 g/mol. The maximum absolute atomic E-state index is 13.2. The molecule has 0 unspecified atom stereocenters. The maximum Gasteiger partial charge on any atom is 0.266 e. The number of hydrogen-bond acceptors (Lipinski definition) is 4. The summed E-state index contributed by atoms with van der Waals surface area (Å²) in [7, 11) is 0. The summed E-state index contributed by atoms with van der Waals surface area (Å²) >= 11 is 13.3. The molecule has 4 rings (SSSR count). The van der Waals surface area contributed by atoms with Crippen molar-refractivity contribution in [1.82, 2.24) is 14.9 Å². The Morgan fingerprint density at radius 2 is 1.79 bits per heavy atom. The second kappa shape index (κ2) is 8.78. The van der Waals surface area contributed by atoms with Gasteiger partial charge in [-0.3, -0.25) is 14.2 Å². The van der Waals surface area contributed by atoms with Gasteiger partial charge >= 0.3 is 0 Å². The maximum atomic E-state index is 13.2. The van der Waals surface area contributed by atoms with Crippen LogP contribution in [0.15, 0.2) is 52.4 Å². The molecule has 2 aromatic carbocycles. The van der Waals surface area contributed by atoms with Crippen LogP contribution < -0.4 is 10.9 Å². The minimum absolute atomic E-state index is 0.0509. The van der Waals surface area contributed by atoms with Crippen LogP contribution in [-0.2, 0) is 4.79 Å². The Morgan fingerprint density at radius 3 is 2.52 bits per heavy atom. The van der Waals surface area contributed by atoms with Gasteiger partial charge in [0, 0.05) is 16.1 Å². The summed E-state index contributed by atoms with van der Waals surface area (Å²) in [5.41, 5.74) is 0.932. The van der Waals surface area contributed by atoms with E-state index in [9.17, 15) is 9.59 Å². The minimum Gasteiger partial charge on any atom is -0.353 e. The first-order valence-corrected chi connectivity index (χ1v) is 11.2. The van der Waals surface area contributed by atoms with E-state index < -0.39 is 0 Å². The van der Waals surface area contributed by atoms with Crippen molar-refractivity contribution in [3.8, 4) is 5.69 Å². The van der Waals surface area contributed by atoms with Crippen molar-refractivity contribution in [3.63, 3.8) is 0 Å². The first kappa shape index (κ1) is 20.3. The van der Waals surface area contributed by atoms with Crippen LogP contribution in [0.3, 0.4) is 0 Å². The Labute approximate surface area is 182 Å². The normalized spacial score (nSPS) is 14.4. The largest absolute Gasteiger partial charge is 0.353 e. The van der Waals surface area contributed by atoms with E-state index in [4.69, 9.17) is 23.2 Å². The molecule has 0 atom stereocenters. The zero-order valence-electron chi connectivity index (χ0n) is 15.5. The van der Waals surface area contributed by atoms with Crippen LogP contribution in [-0.4, -0.2) is 27.3 Å². The molecule has 1 aliphatic rings. The van der Waals surface area contributed by atoms with Gasteiger partial charge in [0.1, 0.15) is 0 Å². The Morgan fingerprint density at radius 1 is 1.10 bits per heavy atom. The fourth-order valence-electron chi connectivity index (χ4n) is 3.52. The molecule has 8 heteroatoms. The highest BCUT2D eigenvalue weighted by Crippen LogP contribution is 2.24. The topological polar surface area (TPSA) is 64.0 Å². The number of rotatable bonds is 5. The summed E-state index contributed by atoms with van der Waals surface area (Å²) in [6, 6.07) is 12.2. The number of nitrogens with zero attached hydrogens (tertiary/aromatic N) is 2. The Kier molecular flexibility index (Phi) is 6.13. The standard InChI is InChI=1S/C21H19Cl2N3O2S/c22-13-5-8-16(9-6-13)26-20(28)17-10-7-14(23)11-18(17)25-21(26)29-12-19(27)24-15-3-1-2-4-15/h5-11,15H,1-4,12H2,(H,24,27). The molecule has 0 saturated heterocycles. The van der Waals surface area contributed by atoms with Gasteiger partial charge in [-0.1, -0.05) is 47.8 Å². The van der Waals surface area contributed by atoms with Gasteiger partial charge < -0.3 is 5.32 Å². The van der Waals surface area contributed by atoms with Crippen molar-refractivity contribution < 1.29 is 4.79 Å². The first-order valence-electron chi connectivity index (χ1n) is 9.42. The van der Waals surface area contributed by atoms with E-state index in [1.54, 1.807) is 42.5 Å². The third-order valence-electron chi connectivity index (χ3n) is 4.94. The SMILES string of the molecule is O=C(CSc1nc2cc(Cl)ccc2c(=O)n1-c1ccc(Cl)cc1)NC1CCCC1. The van der Waals surface area contributed by atoms with Crippen molar-refractivity contribution in [2.24, 2.45) is 0 Å². The third kappa shape index (κ3) is 4.60. The molecule has 150 valence electrons. The second-order valence-electron chi connectivity index (χ2n) is 7.01. The molecule has 1 aromatic heterocycles. The molecule has 0 spiro atoms. The Hall–Kier alpha value is -2.02. The van der Waals surface area contributed by atoms with E-state index in [0.717, 1.165) is 25.7 Å². The van der Waals surface area contributed by atoms with E-state index in [-0.39, 0.29) is 23.3 Å². The number of thioether (sulfide) groups is 1. The second-order valence-corrected chi connectivity index (χ2v) is 8.83. The number of benzene rings is 2. The fraction of sp³-hybridized carbons (Fsp3) is 0.286. The number of carbonyl (C=O) groups excluding carboxylic acids is 1. The van der Waals surface area contributed by atoms with Crippen molar-refractivity contribution in [2.45, 2.75) is 36.9 Å². The van der Waals surface area contributed by atoms with Crippen LogP contribution in [0.2, 0.25) is 10.0 Å². The Balaban J connectivity index is 1.70. The van der Waals surface area contributed by atoms with Crippen molar-refractivity contribution in [2.75, 3.05) is 5.75 Å². The van der Waals surface area contributed by atoms with Crippen LogP contribution in [0.5, 0.6) is 0 Å². The van der Waals surface area contributed by atoms with Gasteiger partial charge in [0.05, 0.1) is 22.3 Å². The van der Waals surface area contributed by atoms with Crippen LogP contribution >= 0.6 is 35.0 Å². The van der Waals surface area contributed by atoms with Gasteiger partial charge in [0.15, 0.2) is 5.16 Å². The van der Waals surface area contributed by atoms with Crippen LogP contribution in [0.4, 0.5) is 0 Å². The Bertz CT molecular complexity index is 1110. The molecular formula is C21H19Cl2N3O2S. The zero-order chi connectivity index (χ0) is 20.4. The van der Waals surface area contributed by atoms with Crippen molar-refractivity contribution >= 4 is 51.8 Å². The quantitative estimate of drug-likeness (QED) is 0.448. The summed E-state index contributed by atoms with van der Waals surface area (Å²) in [6.45, 7) is 0. The number of aromatic nitrogens is 2. The smallest absolute Gasteiger partial charge is 0.266 e. The van der Waals surface area contributed by atoms with Crippen LogP contribution in [0, 0.1) is 0 Å². The van der Waals surface area contributed by atoms with Gasteiger partial charge in [-0.25, -0.2) is 4.98 Å². The van der Waals surface area contributed by atoms with E-state index in [0.29, 0.717) is 31.8 Å². The van der Waals surface area contributed by atoms with Gasteiger partial charge in [-0.15, -0.1) is 0 Å². The highest BCUT2D eigenvalue weighted by atomic mass is 35.5. The first-order chi connectivity index (χ1) is 14.0. The third-order valence-corrected chi connectivity index (χ3v) is 6.36.